The standard InChI is InChI=1S/C15H21NO3/c1-2-3-4-8-16-13-7-5-6-11(13)9-12(15(16)19)10-14(17)18/h9H,2-8,10H2,1H3,(H,17,18). The number of aromatic nitrogens is 1. The largest absolute Gasteiger partial charge is 0.481 e. The molecule has 0 fully saturated rings. The number of nitrogens with zero attached hydrogens (tertiary/aromatic N) is 1. The number of aliphatic carboxylic acids is 1. The average molecular weight is 263 g/mol. The Bertz CT molecular complexity index is 531. The van der Waals surface area contributed by atoms with Crippen LogP contribution in [-0.2, 0) is 30.6 Å². The molecule has 1 aliphatic carbocycles. The second-order valence-corrected chi connectivity index (χ2v) is 5.23. The van der Waals surface area contributed by atoms with Crippen LogP contribution in [0.2, 0.25) is 0 Å². The molecule has 0 saturated carbocycles. The SMILES string of the molecule is CCCCCn1c2c(cc(CC(=O)O)c1=O)CCC2. The summed E-state index contributed by atoms with van der Waals surface area (Å²) in [7, 11) is 0. The highest BCUT2D eigenvalue weighted by Gasteiger charge is 2.19. The number of aryl methyl sites for hydroxylation is 1. The van der Waals surface area contributed by atoms with Crippen LogP contribution in [0.4, 0.5) is 0 Å². The lowest BCUT2D eigenvalue weighted by molar-refractivity contribution is -0.136. The van der Waals surface area contributed by atoms with E-state index < -0.39 is 5.97 Å². The normalized spacial score (nSPS) is 13.5. The van der Waals surface area contributed by atoms with E-state index in [1.54, 1.807) is 0 Å². The highest BCUT2D eigenvalue weighted by Crippen LogP contribution is 2.22. The Morgan fingerprint density at radius 2 is 2.16 bits per heavy atom. The van der Waals surface area contributed by atoms with Crippen LogP contribution in [0.15, 0.2) is 10.9 Å². The van der Waals surface area contributed by atoms with E-state index >= 15 is 0 Å². The third kappa shape index (κ3) is 3.06. The first-order valence-electron chi connectivity index (χ1n) is 7.09. The summed E-state index contributed by atoms with van der Waals surface area (Å²) in [4.78, 5) is 23.2. The first-order chi connectivity index (χ1) is 9.13. The number of carbonyl (C=O) groups is 1. The van der Waals surface area contributed by atoms with Crippen LogP contribution in [0.1, 0.15) is 49.4 Å². The summed E-state index contributed by atoms with van der Waals surface area (Å²) in [6, 6.07) is 1.81. The molecule has 104 valence electrons. The number of pyridine rings is 1. The van der Waals surface area contributed by atoms with Crippen molar-refractivity contribution < 1.29 is 9.90 Å². The number of hydrogen-bond donors (Lipinski definition) is 1. The average Bonchev–Trinajstić information content (AvgIpc) is 2.80. The molecule has 19 heavy (non-hydrogen) atoms. The van der Waals surface area contributed by atoms with Crippen LogP contribution < -0.4 is 5.56 Å². The molecule has 0 saturated heterocycles. The van der Waals surface area contributed by atoms with Crippen molar-refractivity contribution in [2.24, 2.45) is 0 Å². The maximum atomic E-state index is 12.4. The quantitative estimate of drug-likeness (QED) is 0.800. The van der Waals surface area contributed by atoms with E-state index in [-0.39, 0.29) is 12.0 Å². The molecular formula is C15H21NO3. The molecule has 1 heterocycles. The monoisotopic (exact) mass is 263 g/mol. The van der Waals surface area contributed by atoms with E-state index in [9.17, 15) is 9.59 Å². The summed E-state index contributed by atoms with van der Waals surface area (Å²) in [5, 5.41) is 8.90. The summed E-state index contributed by atoms with van der Waals surface area (Å²) >= 11 is 0. The third-order valence-corrected chi connectivity index (χ3v) is 3.75. The summed E-state index contributed by atoms with van der Waals surface area (Å²) in [6.45, 7) is 2.86. The fraction of sp³-hybridized carbons (Fsp3) is 0.600. The number of carboxylic acid groups (broad SMARTS) is 1. The van der Waals surface area contributed by atoms with Gasteiger partial charge in [0.1, 0.15) is 0 Å². The highest BCUT2D eigenvalue weighted by atomic mass is 16.4. The number of carboxylic acids is 1. The van der Waals surface area contributed by atoms with Crippen molar-refractivity contribution in [3.63, 3.8) is 0 Å². The summed E-state index contributed by atoms with van der Waals surface area (Å²) < 4.78 is 1.83. The molecule has 0 bridgehead atoms. The maximum Gasteiger partial charge on any atom is 0.308 e. The second-order valence-electron chi connectivity index (χ2n) is 5.23. The highest BCUT2D eigenvalue weighted by molar-refractivity contribution is 5.70. The second kappa shape index (κ2) is 6.04. The van der Waals surface area contributed by atoms with Gasteiger partial charge in [-0.25, -0.2) is 0 Å². The summed E-state index contributed by atoms with van der Waals surface area (Å²) in [5.74, 6) is -0.935. The Balaban J connectivity index is 2.35. The Morgan fingerprint density at radius 1 is 1.37 bits per heavy atom. The van der Waals surface area contributed by atoms with Crippen molar-refractivity contribution in [1.29, 1.82) is 0 Å². The van der Waals surface area contributed by atoms with E-state index in [4.69, 9.17) is 5.11 Å². The third-order valence-electron chi connectivity index (χ3n) is 3.75. The van der Waals surface area contributed by atoms with E-state index in [2.05, 4.69) is 6.92 Å². The van der Waals surface area contributed by atoms with Gasteiger partial charge in [-0.05, 0) is 37.3 Å². The van der Waals surface area contributed by atoms with Crippen molar-refractivity contribution in [1.82, 2.24) is 4.57 Å². The molecule has 2 rings (SSSR count). The molecule has 1 aromatic heterocycles. The van der Waals surface area contributed by atoms with Gasteiger partial charge in [-0.15, -0.1) is 0 Å². The van der Waals surface area contributed by atoms with Gasteiger partial charge in [-0.1, -0.05) is 19.8 Å². The minimum absolute atomic E-state index is 0.0980. The number of rotatable bonds is 6. The Labute approximate surface area is 113 Å². The van der Waals surface area contributed by atoms with Gasteiger partial charge in [0.05, 0.1) is 6.42 Å². The fourth-order valence-corrected chi connectivity index (χ4v) is 2.83. The topological polar surface area (TPSA) is 59.3 Å². The van der Waals surface area contributed by atoms with Gasteiger partial charge in [0.2, 0.25) is 0 Å². The zero-order chi connectivity index (χ0) is 13.8. The van der Waals surface area contributed by atoms with Gasteiger partial charge in [0.15, 0.2) is 0 Å². The molecule has 0 atom stereocenters. The van der Waals surface area contributed by atoms with E-state index in [0.717, 1.165) is 50.8 Å². The van der Waals surface area contributed by atoms with E-state index in [1.807, 2.05) is 10.6 Å². The molecule has 1 aliphatic rings. The van der Waals surface area contributed by atoms with Crippen LogP contribution in [0.25, 0.3) is 0 Å². The zero-order valence-corrected chi connectivity index (χ0v) is 11.4. The van der Waals surface area contributed by atoms with Crippen LogP contribution in [-0.4, -0.2) is 15.6 Å². The molecule has 0 radical (unpaired) electrons. The van der Waals surface area contributed by atoms with Crippen molar-refractivity contribution in [3.8, 4) is 0 Å². The van der Waals surface area contributed by atoms with Crippen molar-refractivity contribution >= 4 is 5.97 Å². The van der Waals surface area contributed by atoms with Crippen LogP contribution in [0, 0.1) is 0 Å². The van der Waals surface area contributed by atoms with E-state index in [1.165, 1.54) is 5.56 Å². The predicted octanol–water partition coefficient (Wildman–Crippen LogP) is 2.15. The number of fused-ring (bicyclic) bond motifs is 1. The van der Waals surface area contributed by atoms with Crippen molar-refractivity contribution in [2.75, 3.05) is 0 Å². The Kier molecular flexibility index (Phi) is 4.40. The van der Waals surface area contributed by atoms with Gasteiger partial charge >= 0.3 is 5.97 Å². The smallest absolute Gasteiger partial charge is 0.308 e. The molecule has 1 aromatic rings. The minimum Gasteiger partial charge on any atom is -0.481 e. The fourth-order valence-electron chi connectivity index (χ4n) is 2.83. The first-order valence-corrected chi connectivity index (χ1v) is 7.09. The van der Waals surface area contributed by atoms with Gasteiger partial charge in [0.25, 0.3) is 5.56 Å². The van der Waals surface area contributed by atoms with E-state index in [0.29, 0.717) is 5.56 Å². The van der Waals surface area contributed by atoms with Crippen LogP contribution >= 0.6 is 0 Å². The molecule has 1 N–H and O–H groups in total. The molecule has 0 amide bonds. The van der Waals surface area contributed by atoms with Crippen molar-refractivity contribution in [3.05, 3.63) is 33.2 Å². The molecule has 0 aromatic carbocycles. The van der Waals surface area contributed by atoms with Gasteiger partial charge in [-0.2, -0.15) is 0 Å². The number of unbranched alkanes of at least 4 members (excludes halogenated alkanes) is 2. The first kappa shape index (κ1) is 13.8. The van der Waals surface area contributed by atoms with Gasteiger partial charge in [0, 0.05) is 17.8 Å². The molecule has 4 heteroatoms. The maximum absolute atomic E-state index is 12.4. The zero-order valence-electron chi connectivity index (χ0n) is 11.4. The van der Waals surface area contributed by atoms with Crippen molar-refractivity contribution in [2.45, 2.75) is 58.4 Å². The molecular weight excluding hydrogens is 242 g/mol. The Morgan fingerprint density at radius 3 is 2.84 bits per heavy atom. The van der Waals surface area contributed by atoms with Crippen LogP contribution in [0.5, 0.6) is 0 Å². The number of hydrogen-bond acceptors (Lipinski definition) is 2. The molecule has 0 unspecified atom stereocenters. The molecule has 4 nitrogen and oxygen atoms in total. The molecule has 0 aliphatic heterocycles. The summed E-state index contributed by atoms with van der Waals surface area (Å²) in [6.07, 6.45) is 6.02. The minimum atomic E-state index is -0.935. The Hall–Kier alpha value is -1.58. The lowest BCUT2D eigenvalue weighted by Gasteiger charge is -2.14. The predicted molar refractivity (Wildman–Crippen MR) is 73.6 cm³/mol. The van der Waals surface area contributed by atoms with Gasteiger partial charge < -0.3 is 9.67 Å². The van der Waals surface area contributed by atoms with Gasteiger partial charge in [-0.3, -0.25) is 9.59 Å². The summed E-state index contributed by atoms with van der Waals surface area (Å²) in [5.41, 5.74) is 2.64. The molecule has 0 spiro atoms. The lowest BCUT2D eigenvalue weighted by atomic mass is 10.1. The lowest BCUT2D eigenvalue weighted by Crippen LogP contribution is -2.28. The van der Waals surface area contributed by atoms with Crippen LogP contribution in [0.3, 0.4) is 0 Å².